The molecule has 0 radical (unpaired) electrons. The van der Waals surface area contributed by atoms with Crippen molar-refractivity contribution in [2.45, 2.75) is 0 Å². The van der Waals surface area contributed by atoms with Crippen LogP contribution in [0.4, 0.5) is 10.5 Å². The van der Waals surface area contributed by atoms with Crippen molar-refractivity contribution in [1.29, 1.82) is 0 Å². The van der Waals surface area contributed by atoms with Crippen LogP contribution < -0.4 is 5.32 Å². The molecule has 21 heavy (non-hydrogen) atoms. The van der Waals surface area contributed by atoms with E-state index < -0.39 is 21.8 Å². The van der Waals surface area contributed by atoms with Gasteiger partial charge in [0.25, 0.3) is 0 Å². The molecule has 1 aromatic rings. The molecule has 0 atom stereocenters. The predicted molar refractivity (Wildman–Crippen MR) is 77.7 cm³/mol. The Bertz CT molecular complexity index is 675. The SMILES string of the molecule is O=C(O)c1cc(Cl)cc(NC(=O)N2CCS(=O)(=O)CC2)c1. The largest absolute Gasteiger partial charge is 0.478 e. The number of hydrogen-bond donors (Lipinski definition) is 2. The van der Waals surface area contributed by atoms with Crippen LogP contribution in [0.2, 0.25) is 5.02 Å². The van der Waals surface area contributed by atoms with Crippen LogP contribution in [0.15, 0.2) is 18.2 Å². The van der Waals surface area contributed by atoms with Crippen LogP contribution in [0, 0.1) is 0 Å². The van der Waals surface area contributed by atoms with E-state index >= 15 is 0 Å². The molecule has 9 heteroatoms. The quantitative estimate of drug-likeness (QED) is 0.849. The number of benzene rings is 1. The van der Waals surface area contributed by atoms with E-state index in [0.717, 1.165) is 0 Å². The van der Waals surface area contributed by atoms with Crippen molar-refractivity contribution < 1.29 is 23.1 Å². The third kappa shape index (κ3) is 4.08. The van der Waals surface area contributed by atoms with Gasteiger partial charge in [0.15, 0.2) is 9.84 Å². The second kappa shape index (κ2) is 5.90. The van der Waals surface area contributed by atoms with Gasteiger partial charge in [-0.15, -0.1) is 0 Å². The maximum absolute atomic E-state index is 12.0. The van der Waals surface area contributed by atoms with Crippen LogP contribution >= 0.6 is 11.6 Å². The van der Waals surface area contributed by atoms with Gasteiger partial charge >= 0.3 is 12.0 Å². The van der Waals surface area contributed by atoms with E-state index in [9.17, 15) is 18.0 Å². The van der Waals surface area contributed by atoms with Crippen molar-refractivity contribution in [3.05, 3.63) is 28.8 Å². The first-order valence-electron chi connectivity index (χ1n) is 6.07. The molecular formula is C12H13ClN2O5S. The minimum Gasteiger partial charge on any atom is -0.478 e. The number of carbonyl (C=O) groups is 2. The summed E-state index contributed by atoms with van der Waals surface area (Å²) in [5.74, 6) is -1.30. The van der Waals surface area contributed by atoms with E-state index in [-0.39, 0.29) is 40.9 Å². The fourth-order valence-electron chi connectivity index (χ4n) is 1.90. The van der Waals surface area contributed by atoms with Crippen LogP contribution in [0.5, 0.6) is 0 Å². The summed E-state index contributed by atoms with van der Waals surface area (Å²) in [6.45, 7) is 0.223. The van der Waals surface area contributed by atoms with Gasteiger partial charge in [-0.3, -0.25) is 0 Å². The van der Waals surface area contributed by atoms with E-state index in [2.05, 4.69) is 5.32 Å². The molecule has 1 aliphatic heterocycles. The Kier molecular flexibility index (Phi) is 4.38. The summed E-state index contributed by atoms with van der Waals surface area (Å²) >= 11 is 5.79. The van der Waals surface area contributed by atoms with Crippen LogP contribution in [-0.2, 0) is 9.84 Å². The molecule has 114 valence electrons. The normalized spacial score (nSPS) is 17.3. The number of carboxylic acid groups (broad SMARTS) is 1. The number of carbonyl (C=O) groups excluding carboxylic acids is 1. The first-order chi connectivity index (χ1) is 9.77. The number of hydrogen-bond acceptors (Lipinski definition) is 4. The summed E-state index contributed by atoms with van der Waals surface area (Å²) in [6, 6.07) is 3.50. The maximum atomic E-state index is 12.0. The minimum atomic E-state index is -3.07. The smallest absolute Gasteiger partial charge is 0.335 e. The molecule has 0 spiro atoms. The number of carboxylic acids is 1. The number of urea groups is 1. The number of halogens is 1. The van der Waals surface area contributed by atoms with E-state index in [0.29, 0.717) is 0 Å². The molecule has 2 N–H and O–H groups in total. The first kappa shape index (κ1) is 15.6. The van der Waals surface area contributed by atoms with E-state index in [1.807, 2.05) is 0 Å². The predicted octanol–water partition coefficient (Wildman–Crippen LogP) is 1.30. The molecule has 1 aliphatic rings. The van der Waals surface area contributed by atoms with Crippen molar-refractivity contribution in [2.75, 3.05) is 29.9 Å². The summed E-state index contributed by atoms with van der Waals surface area (Å²) < 4.78 is 22.6. The molecule has 2 rings (SSSR count). The highest BCUT2D eigenvalue weighted by Crippen LogP contribution is 2.20. The van der Waals surface area contributed by atoms with Gasteiger partial charge < -0.3 is 15.3 Å². The second-order valence-corrected chi connectivity index (χ2v) is 7.34. The van der Waals surface area contributed by atoms with Crippen molar-refractivity contribution in [1.82, 2.24) is 4.90 Å². The third-order valence-corrected chi connectivity index (χ3v) is 4.86. The van der Waals surface area contributed by atoms with Gasteiger partial charge in [-0.2, -0.15) is 0 Å². The lowest BCUT2D eigenvalue weighted by Crippen LogP contribution is -2.45. The van der Waals surface area contributed by atoms with Gasteiger partial charge in [0.05, 0.1) is 17.1 Å². The number of nitrogens with zero attached hydrogens (tertiary/aromatic N) is 1. The lowest BCUT2D eigenvalue weighted by molar-refractivity contribution is 0.0697. The van der Waals surface area contributed by atoms with Gasteiger partial charge in [0.1, 0.15) is 0 Å². The lowest BCUT2D eigenvalue weighted by Gasteiger charge is -2.26. The summed E-state index contributed by atoms with van der Waals surface area (Å²) in [5, 5.41) is 11.6. The van der Waals surface area contributed by atoms with Crippen molar-refractivity contribution in [3.8, 4) is 0 Å². The fourth-order valence-corrected chi connectivity index (χ4v) is 3.34. The first-order valence-corrected chi connectivity index (χ1v) is 8.27. The molecule has 1 fully saturated rings. The minimum absolute atomic E-state index is 0.0426. The standard InChI is InChI=1S/C12H13ClN2O5S/c13-9-5-8(11(16)17)6-10(7-9)14-12(18)15-1-3-21(19,20)4-2-15/h5-7H,1-4H2,(H,14,18)(H,16,17). The number of amides is 2. The number of aromatic carboxylic acids is 1. The Hall–Kier alpha value is -1.80. The summed E-state index contributed by atoms with van der Waals surface area (Å²) in [6.07, 6.45) is 0. The molecule has 0 aliphatic carbocycles. The average Bonchev–Trinajstić information content (AvgIpc) is 2.37. The average molecular weight is 333 g/mol. The number of anilines is 1. The zero-order chi connectivity index (χ0) is 15.6. The molecule has 0 saturated carbocycles. The van der Waals surface area contributed by atoms with Crippen molar-refractivity contribution in [3.63, 3.8) is 0 Å². The Balaban J connectivity index is 2.08. The monoisotopic (exact) mass is 332 g/mol. The lowest BCUT2D eigenvalue weighted by atomic mass is 10.2. The molecule has 1 heterocycles. The van der Waals surface area contributed by atoms with Gasteiger partial charge in [0, 0.05) is 23.8 Å². The molecule has 0 aromatic heterocycles. The zero-order valence-corrected chi connectivity index (χ0v) is 12.4. The summed E-state index contributed by atoms with van der Waals surface area (Å²) in [4.78, 5) is 24.3. The molecule has 0 bridgehead atoms. The molecule has 0 unspecified atom stereocenters. The van der Waals surface area contributed by atoms with Crippen molar-refractivity contribution in [2.24, 2.45) is 0 Å². The van der Waals surface area contributed by atoms with Crippen molar-refractivity contribution >= 4 is 39.1 Å². The number of nitrogens with one attached hydrogen (secondary N) is 1. The van der Waals surface area contributed by atoms with E-state index in [4.69, 9.17) is 16.7 Å². The van der Waals surface area contributed by atoms with Gasteiger partial charge in [-0.25, -0.2) is 18.0 Å². The Morgan fingerprint density at radius 2 is 1.81 bits per heavy atom. The Labute approximate surface area is 126 Å². The highest BCUT2D eigenvalue weighted by Gasteiger charge is 2.25. The highest BCUT2D eigenvalue weighted by atomic mass is 35.5. The van der Waals surface area contributed by atoms with E-state index in [1.54, 1.807) is 0 Å². The number of sulfone groups is 1. The topological polar surface area (TPSA) is 104 Å². The summed E-state index contributed by atoms with van der Waals surface area (Å²) in [5.41, 5.74) is 0.206. The second-order valence-electron chi connectivity index (χ2n) is 4.60. The number of rotatable bonds is 2. The molecule has 1 aromatic carbocycles. The van der Waals surface area contributed by atoms with Crippen LogP contribution in [-0.4, -0.2) is 55.0 Å². The van der Waals surface area contributed by atoms with Crippen LogP contribution in [0.3, 0.4) is 0 Å². The Morgan fingerprint density at radius 1 is 1.19 bits per heavy atom. The third-order valence-electron chi connectivity index (χ3n) is 3.03. The molecule has 1 saturated heterocycles. The molecule has 2 amide bonds. The molecular weight excluding hydrogens is 320 g/mol. The van der Waals surface area contributed by atoms with E-state index in [1.165, 1.54) is 23.1 Å². The maximum Gasteiger partial charge on any atom is 0.335 e. The zero-order valence-electron chi connectivity index (χ0n) is 10.9. The highest BCUT2D eigenvalue weighted by molar-refractivity contribution is 7.91. The van der Waals surface area contributed by atoms with Gasteiger partial charge in [-0.1, -0.05) is 11.6 Å². The Morgan fingerprint density at radius 3 is 2.38 bits per heavy atom. The van der Waals surface area contributed by atoms with Gasteiger partial charge in [0.2, 0.25) is 0 Å². The van der Waals surface area contributed by atoms with Crippen LogP contribution in [0.25, 0.3) is 0 Å². The fraction of sp³-hybridized carbons (Fsp3) is 0.333. The van der Waals surface area contributed by atoms with Gasteiger partial charge in [-0.05, 0) is 18.2 Å². The van der Waals surface area contributed by atoms with Crippen LogP contribution in [0.1, 0.15) is 10.4 Å². The summed E-state index contributed by atoms with van der Waals surface area (Å²) in [7, 11) is -3.07. The molecule has 7 nitrogen and oxygen atoms in total.